The molecule has 3 aromatic carbocycles. The van der Waals surface area contributed by atoms with E-state index in [1.165, 1.54) is 12.0 Å². The highest BCUT2D eigenvalue weighted by molar-refractivity contribution is 6.46. The van der Waals surface area contributed by atoms with Crippen molar-refractivity contribution in [1.29, 1.82) is 0 Å². The molecule has 0 radical (unpaired) electrons. The van der Waals surface area contributed by atoms with Crippen molar-refractivity contribution in [3.8, 4) is 5.75 Å². The van der Waals surface area contributed by atoms with Crippen LogP contribution in [-0.4, -0.2) is 41.4 Å². The summed E-state index contributed by atoms with van der Waals surface area (Å²) >= 11 is 0. The van der Waals surface area contributed by atoms with Gasteiger partial charge >= 0.3 is 5.97 Å². The van der Waals surface area contributed by atoms with Crippen LogP contribution in [0.5, 0.6) is 5.75 Å². The highest BCUT2D eigenvalue weighted by atomic mass is 16.5. The first-order valence-electron chi connectivity index (χ1n) is 12.5. The van der Waals surface area contributed by atoms with Crippen LogP contribution >= 0.6 is 0 Å². The van der Waals surface area contributed by atoms with Gasteiger partial charge in [0.25, 0.3) is 11.7 Å². The summed E-state index contributed by atoms with van der Waals surface area (Å²) in [7, 11) is 1.49. The van der Waals surface area contributed by atoms with Crippen LogP contribution in [0.2, 0.25) is 0 Å². The maximum Gasteiger partial charge on any atom is 0.338 e. The molecule has 1 atom stereocenters. The molecule has 1 unspecified atom stereocenters. The van der Waals surface area contributed by atoms with Crippen LogP contribution in [0.4, 0.5) is 0 Å². The summed E-state index contributed by atoms with van der Waals surface area (Å²) in [5, 5.41) is 11.4. The number of ether oxygens (including phenoxy) is 2. The third-order valence-corrected chi connectivity index (χ3v) is 6.49. The summed E-state index contributed by atoms with van der Waals surface area (Å²) in [5.74, 6) is -1.78. The Morgan fingerprint density at radius 2 is 1.68 bits per heavy atom. The first-order chi connectivity index (χ1) is 18.2. The topological polar surface area (TPSA) is 93.1 Å². The molecule has 0 aliphatic carbocycles. The van der Waals surface area contributed by atoms with Crippen molar-refractivity contribution >= 4 is 23.4 Å². The molecule has 1 amide bonds. The Hall–Kier alpha value is -4.39. The van der Waals surface area contributed by atoms with Crippen molar-refractivity contribution in [2.45, 2.75) is 39.8 Å². The van der Waals surface area contributed by atoms with Crippen LogP contribution in [0.25, 0.3) is 5.76 Å². The molecule has 7 heteroatoms. The molecule has 1 aliphatic heterocycles. The zero-order chi connectivity index (χ0) is 27.4. The minimum Gasteiger partial charge on any atom is -0.507 e. The highest BCUT2D eigenvalue weighted by Crippen LogP contribution is 2.42. The van der Waals surface area contributed by atoms with Crippen LogP contribution in [0.1, 0.15) is 57.6 Å². The number of esters is 1. The number of carbonyl (C=O) groups excluding carboxylic acids is 3. The second-order valence-electron chi connectivity index (χ2n) is 9.38. The number of hydrogen-bond acceptors (Lipinski definition) is 6. The van der Waals surface area contributed by atoms with Crippen molar-refractivity contribution in [3.05, 3.63) is 106 Å². The molecule has 0 saturated carbocycles. The summed E-state index contributed by atoms with van der Waals surface area (Å²) in [4.78, 5) is 40.4. The number of ketones is 1. The monoisotopic (exact) mass is 513 g/mol. The molecule has 0 spiro atoms. The van der Waals surface area contributed by atoms with E-state index in [9.17, 15) is 19.5 Å². The predicted molar refractivity (Wildman–Crippen MR) is 144 cm³/mol. The third-order valence-electron chi connectivity index (χ3n) is 6.49. The number of hydrogen-bond donors (Lipinski definition) is 1. The van der Waals surface area contributed by atoms with Crippen LogP contribution in [0, 0.1) is 13.8 Å². The van der Waals surface area contributed by atoms with Crippen molar-refractivity contribution < 1.29 is 29.0 Å². The average molecular weight is 514 g/mol. The van der Waals surface area contributed by atoms with E-state index in [4.69, 9.17) is 9.47 Å². The lowest BCUT2D eigenvalue weighted by molar-refractivity contribution is -0.140. The normalized spacial score (nSPS) is 16.5. The fraction of sp³-hybridized carbons (Fsp3) is 0.258. The minimum absolute atomic E-state index is 0.00395. The molecule has 1 fully saturated rings. The maximum atomic E-state index is 13.4. The zero-order valence-corrected chi connectivity index (χ0v) is 22.0. The Kier molecular flexibility index (Phi) is 7.96. The molecule has 3 aromatic rings. The number of aryl methyl sites for hydroxylation is 2. The van der Waals surface area contributed by atoms with E-state index >= 15 is 0 Å². The molecule has 7 nitrogen and oxygen atoms in total. The van der Waals surface area contributed by atoms with E-state index in [1.54, 1.807) is 36.4 Å². The Morgan fingerprint density at radius 3 is 2.34 bits per heavy atom. The molecule has 4 rings (SSSR count). The summed E-state index contributed by atoms with van der Waals surface area (Å²) in [6, 6.07) is 18.7. The first kappa shape index (κ1) is 26.7. The van der Waals surface area contributed by atoms with E-state index in [0.29, 0.717) is 29.0 Å². The lowest BCUT2D eigenvalue weighted by Crippen LogP contribution is -2.29. The maximum absolute atomic E-state index is 13.4. The zero-order valence-electron chi connectivity index (χ0n) is 22.0. The molecule has 196 valence electrons. The lowest BCUT2D eigenvalue weighted by Gasteiger charge is -2.26. The molecular formula is C31H31NO6. The molecule has 38 heavy (non-hydrogen) atoms. The molecule has 1 aliphatic rings. The summed E-state index contributed by atoms with van der Waals surface area (Å²) in [5.41, 5.74) is 4.01. The second-order valence-corrected chi connectivity index (χ2v) is 9.38. The minimum atomic E-state index is -0.811. The Balaban J connectivity index is 1.78. The van der Waals surface area contributed by atoms with Gasteiger partial charge in [-0.1, -0.05) is 60.5 Å². The van der Waals surface area contributed by atoms with Gasteiger partial charge in [-0.2, -0.15) is 0 Å². The number of rotatable bonds is 8. The van der Waals surface area contributed by atoms with E-state index in [-0.39, 0.29) is 17.9 Å². The molecule has 1 N–H and O–H groups in total. The quantitative estimate of drug-likeness (QED) is 0.185. The summed E-state index contributed by atoms with van der Waals surface area (Å²) < 4.78 is 10.6. The summed E-state index contributed by atoms with van der Waals surface area (Å²) in [6.45, 7) is 6.16. The standard InChI is InChI=1S/C31H31NO6/c1-5-15-38-31(36)22-12-10-21(11-13-22)18-32-27(23-8-6-7-19(2)16-23)26(29(34)30(32)35)28(33)24-17-20(3)9-14-25(24)37-4/h6-14,16-17,27,33H,5,15,18H2,1-4H3/b28-26+. The average Bonchev–Trinajstić information content (AvgIpc) is 3.16. The number of aliphatic hydroxyl groups excluding tert-OH is 1. The highest BCUT2D eigenvalue weighted by Gasteiger charge is 2.46. The fourth-order valence-corrected chi connectivity index (χ4v) is 4.60. The number of amides is 1. The molecule has 0 bridgehead atoms. The second kappa shape index (κ2) is 11.3. The largest absolute Gasteiger partial charge is 0.507 e. The Bertz CT molecular complexity index is 1410. The third kappa shape index (κ3) is 5.32. The fourth-order valence-electron chi connectivity index (χ4n) is 4.60. The lowest BCUT2D eigenvalue weighted by atomic mass is 9.93. The number of benzene rings is 3. The number of methoxy groups -OCH3 is 1. The molecular weight excluding hydrogens is 482 g/mol. The van der Waals surface area contributed by atoms with E-state index in [1.807, 2.05) is 51.1 Å². The van der Waals surface area contributed by atoms with Crippen LogP contribution in [-0.2, 0) is 20.9 Å². The van der Waals surface area contributed by atoms with E-state index in [0.717, 1.165) is 23.1 Å². The Labute approximate surface area is 222 Å². The SMILES string of the molecule is CCCOC(=O)c1ccc(CN2C(=O)C(=O)/C(=C(/O)c3cc(C)ccc3OC)C2c2cccc(C)c2)cc1. The van der Waals surface area contributed by atoms with Gasteiger partial charge in [-0.05, 0) is 55.7 Å². The van der Waals surface area contributed by atoms with Crippen molar-refractivity contribution in [2.24, 2.45) is 0 Å². The van der Waals surface area contributed by atoms with Crippen LogP contribution in [0.3, 0.4) is 0 Å². The van der Waals surface area contributed by atoms with Gasteiger partial charge in [0.2, 0.25) is 0 Å². The number of likely N-dealkylation sites (tertiary alicyclic amines) is 1. The number of aliphatic hydroxyl groups is 1. The van der Waals surface area contributed by atoms with Crippen molar-refractivity contribution in [2.75, 3.05) is 13.7 Å². The number of Topliss-reactive ketones (excluding diaryl/α,β-unsaturated/α-hetero) is 1. The van der Waals surface area contributed by atoms with Crippen molar-refractivity contribution in [3.63, 3.8) is 0 Å². The number of nitrogens with zero attached hydrogens (tertiary/aromatic N) is 1. The van der Waals surface area contributed by atoms with Gasteiger partial charge in [0.1, 0.15) is 11.5 Å². The van der Waals surface area contributed by atoms with Gasteiger partial charge in [-0.25, -0.2) is 4.79 Å². The van der Waals surface area contributed by atoms with Gasteiger partial charge < -0.3 is 19.5 Å². The van der Waals surface area contributed by atoms with E-state index < -0.39 is 23.7 Å². The molecule has 1 heterocycles. The smallest absolute Gasteiger partial charge is 0.338 e. The molecule has 0 aromatic heterocycles. The van der Waals surface area contributed by atoms with Crippen LogP contribution in [0.15, 0.2) is 72.3 Å². The van der Waals surface area contributed by atoms with Crippen LogP contribution < -0.4 is 4.74 Å². The van der Waals surface area contributed by atoms with Gasteiger partial charge in [-0.3, -0.25) is 9.59 Å². The van der Waals surface area contributed by atoms with Crippen molar-refractivity contribution in [1.82, 2.24) is 4.90 Å². The van der Waals surface area contributed by atoms with Gasteiger partial charge in [0.05, 0.1) is 36.5 Å². The number of carbonyl (C=O) groups is 3. The van der Waals surface area contributed by atoms with Gasteiger partial charge in [0.15, 0.2) is 0 Å². The predicted octanol–water partition coefficient (Wildman–Crippen LogP) is 5.50. The summed E-state index contributed by atoms with van der Waals surface area (Å²) in [6.07, 6.45) is 0.729. The Morgan fingerprint density at radius 1 is 0.974 bits per heavy atom. The molecule has 1 saturated heterocycles. The van der Waals surface area contributed by atoms with E-state index in [2.05, 4.69) is 0 Å². The first-order valence-corrected chi connectivity index (χ1v) is 12.5. The van der Waals surface area contributed by atoms with Gasteiger partial charge in [0, 0.05) is 6.54 Å². The van der Waals surface area contributed by atoms with Gasteiger partial charge in [-0.15, -0.1) is 0 Å².